The quantitative estimate of drug-likeness (QED) is 0.850. The number of benzene rings is 2. The molecule has 110 valence electrons. The molecule has 0 unspecified atom stereocenters. The highest BCUT2D eigenvalue weighted by Crippen LogP contribution is 2.26. The van der Waals surface area contributed by atoms with Crippen LogP contribution in [0.4, 0.5) is 5.69 Å². The highest BCUT2D eigenvalue weighted by Gasteiger charge is 2.30. The van der Waals surface area contributed by atoms with Crippen molar-refractivity contribution in [3.05, 3.63) is 60.2 Å². The largest absolute Gasteiger partial charge is 0.508 e. The van der Waals surface area contributed by atoms with E-state index in [0.29, 0.717) is 6.54 Å². The van der Waals surface area contributed by atoms with Gasteiger partial charge < -0.3 is 10.0 Å². The summed E-state index contributed by atoms with van der Waals surface area (Å²) in [6, 6.07) is 16.4. The van der Waals surface area contributed by atoms with Crippen molar-refractivity contribution in [2.24, 2.45) is 5.41 Å². The molecule has 0 spiro atoms. The van der Waals surface area contributed by atoms with Crippen LogP contribution in [0.15, 0.2) is 54.6 Å². The number of phenols is 1. The number of carbonyl (C=O) groups is 1. The first-order valence-corrected chi connectivity index (χ1v) is 7.00. The minimum Gasteiger partial charge on any atom is -0.508 e. The molecule has 0 heterocycles. The Morgan fingerprint density at radius 3 is 2.19 bits per heavy atom. The van der Waals surface area contributed by atoms with Crippen molar-refractivity contribution in [2.75, 3.05) is 18.5 Å². The fourth-order valence-electron chi connectivity index (χ4n) is 2.44. The summed E-state index contributed by atoms with van der Waals surface area (Å²) < 4.78 is 0. The molecule has 3 nitrogen and oxygen atoms in total. The average molecular weight is 283 g/mol. The Bertz CT molecular complexity index is 603. The monoisotopic (exact) mass is 283 g/mol. The standard InChI is InChI=1S/C18H21NO2/c1-18(2,17(21)14-7-5-4-6-8-14)13-19(3)15-9-11-16(20)12-10-15/h4-12,20H,13H2,1-3H3. The van der Waals surface area contributed by atoms with E-state index in [4.69, 9.17) is 0 Å². The summed E-state index contributed by atoms with van der Waals surface area (Å²) in [5.41, 5.74) is 1.22. The van der Waals surface area contributed by atoms with Gasteiger partial charge in [0.2, 0.25) is 0 Å². The highest BCUT2D eigenvalue weighted by atomic mass is 16.3. The Morgan fingerprint density at radius 1 is 1.05 bits per heavy atom. The van der Waals surface area contributed by atoms with Crippen LogP contribution in [0.1, 0.15) is 24.2 Å². The fourth-order valence-corrected chi connectivity index (χ4v) is 2.44. The number of carbonyl (C=O) groups excluding carboxylic acids is 1. The number of Topliss-reactive ketones (excluding diaryl/α,β-unsaturated/α-hetero) is 1. The van der Waals surface area contributed by atoms with Gasteiger partial charge in [-0.25, -0.2) is 0 Å². The molecule has 21 heavy (non-hydrogen) atoms. The van der Waals surface area contributed by atoms with Crippen molar-refractivity contribution >= 4 is 11.5 Å². The Labute approximate surface area is 125 Å². The van der Waals surface area contributed by atoms with E-state index in [2.05, 4.69) is 0 Å². The third-order valence-electron chi connectivity index (χ3n) is 3.57. The summed E-state index contributed by atoms with van der Waals surface area (Å²) in [5.74, 6) is 0.375. The van der Waals surface area contributed by atoms with Gasteiger partial charge in [0.25, 0.3) is 0 Å². The van der Waals surface area contributed by atoms with Gasteiger partial charge in [0.05, 0.1) is 0 Å². The molecule has 0 atom stereocenters. The average Bonchev–Trinajstić information content (AvgIpc) is 2.47. The summed E-state index contributed by atoms with van der Waals surface area (Å²) in [6.45, 7) is 4.52. The predicted molar refractivity (Wildman–Crippen MR) is 85.9 cm³/mol. The number of ketones is 1. The van der Waals surface area contributed by atoms with Crippen LogP contribution in [-0.2, 0) is 0 Å². The van der Waals surface area contributed by atoms with E-state index in [9.17, 15) is 9.90 Å². The van der Waals surface area contributed by atoms with Crippen LogP contribution in [-0.4, -0.2) is 24.5 Å². The lowest BCUT2D eigenvalue weighted by atomic mass is 9.83. The Hall–Kier alpha value is -2.29. The summed E-state index contributed by atoms with van der Waals surface area (Å²) in [7, 11) is 1.95. The molecule has 0 aliphatic carbocycles. The molecule has 0 amide bonds. The topological polar surface area (TPSA) is 40.5 Å². The van der Waals surface area contributed by atoms with E-state index in [1.165, 1.54) is 0 Å². The van der Waals surface area contributed by atoms with Crippen LogP contribution in [0.3, 0.4) is 0 Å². The van der Waals surface area contributed by atoms with Gasteiger partial charge in [0.1, 0.15) is 5.75 Å². The molecule has 2 aromatic carbocycles. The number of hydrogen-bond acceptors (Lipinski definition) is 3. The second kappa shape index (κ2) is 6.00. The zero-order valence-electron chi connectivity index (χ0n) is 12.7. The van der Waals surface area contributed by atoms with Gasteiger partial charge in [-0.1, -0.05) is 44.2 Å². The lowest BCUT2D eigenvalue weighted by molar-refractivity contribution is 0.0846. The summed E-state index contributed by atoms with van der Waals surface area (Å²) in [6.07, 6.45) is 0. The van der Waals surface area contributed by atoms with Crippen molar-refractivity contribution in [1.82, 2.24) is 0 Å². The molecule has 0 aromatic heterocycles. The Kier molecular flexibility index (Phi) is 4.32. The van der Waals surface area contributed by atoms with Crippen LogP contribution in [0.2, 0.25) is 0 Å². The third kappa shape index (κ3) is 3.63. The second-order valence-corrected chi connectivity index (χ2v) is 5.95. The van der Waals surface area contributed by atoms with Crippen LogP contribution in [0.5, 0.6) is 5.75 Å². The molecule has 0 radical (unpaired) electrons. The van der Waals surface area contributed by atoms with Gasteiger partial charge in [-0.05, 0) is 24.3 Å². The molecule has 0 bridgehead atoms. The van der Waals surface area contributed by atoms with Crippen molar-refractivity contribution in [1.29, 1.82) is 0 Å². The molecule has 0 saturated carbocycles. The van der Waals surface area contributed by atoms with Crippen LogP contribution in [0, 0.1) is 5.41 Å². The molecule has 3 heteroatoms. The van der Waals surface area contributed by atoms with Gasteiger partial charge in [0, 0.05) is 30.3 Å². The first-order chi connectivity index (χ1) is 9.90. The molecular weight excluding hydrogens is 262 g/mol. The van der Waals surface area contributed by atoms with E-state index in [1.807, 2.05) is 68.3 Å². The number of nitrogens with zero attached hydrogens (tertiary/aromatic N) is 1. The number of hydrogen-bond donors (Lipinski definition) is 1. The number of rotatable bonds is 5. The van der Waals surface area contributed by atoms with Gasteiger partial charge in [-0.15, -0.1) is 0 Å². The molecule has 2 aromatic rings. The summed E-state index contributed by atoms with van der Waals surface area (Å²) >= 11 is 0. The normalized spacial score (nSPS) is 11.2. The molecule has 0 fully saturated rings. The highest BCUT2D eigenvalue weighted by molar-refractivity contribution is 6.00. The molecule has 2 rings (SSSR count). The SMILES string of the molecule is CN(CC(C)(C)C(=O)c1ccccc1)c1ccc(O)cc1. The minimum absolute atomic E-state index is 0.133. The summed E-state index contributed by atoms with van der Waals surface area (Å²) in [4.78, 5) is 14.6. The fraction of sp³-hybridized carbons (Fsp3) is 0.278. The zero-order chi connectivity index (χ0) is 15.5. The van der Waals surface area contributed by atoms with Crippen LogP contribution >= 0.6 is 0 Å². The maximum absolute atomic E-state index is 12.6. The van der Waals surface area contributed by atoms with Crippen molar-refractivity contribution in [3.63, 3.8) is 0 Å². The zero-order valence-corrected chi connectivity index (χ0v) is 12.7. The van der Waals surface area contributed by atoms with Crippen LogP contribution < -0.4 is 4.90 Å². The summed E-state index contributed by atoms with van der Waals surface area (Å²) in [5, 5.41) is 9.34. The van der Waals surface area contributed by atoms with E-state index in [-0.39, 0.29) is 11.5 Å². The minimum atomic E-state index is -0.492. The first kappa shape index (κ1) is 15.1. The van der Waals surface area contributed by atoms with Crippen LogP contribution in [0.25, 0.3) is 0 Å². The molecule has 0 aliphatic heterocycles. The van der Waals surface area contributed by atoms with E-state index in [1.54, 1.807) is 12.1 Å². The first-order valence-electron chi connectivity index (χ1n) is 7.00. The van der Waals surface area contributed by atoms with E-state index >= 15 is 0 Å². The van der Waals surface area contributed by atoms with Gasteiger partial charge >= 0.3 is 0 Å². The van der Waals surface area contributed by atoms with Crippen molar-refractivity contribution in [3.8, 4) is 5.75 Å². The van der Waals surface area contributed by atoms with Crippen molar-refractivity contribution in [2.45, 2.75) is 13.8 Å². The maximum Gasteiger partial charge on any atom is 0.170 e. The van der Waals surface area contributed by atoms with E-state index < -0.39 is 5.41 Å². The Balaban J connectivity index is 2.13. The number of phenolic OH excluding ortho intramolecular Hbond substituents is 1. The second-order valence-electron chi connectivity index (χ2n) is 5.95. The predicted octanol–water partition coefficient (Wildman–Crippen LogP) is 3.74. The molecule has 0 saturated heterocycles. The van der Waals surface area contributed by atoms with Gasteiger partial charge in [-0.3, -0.25) is 4.79 Å². The maximum atomic E-state index is 12.6. The van der Waals surface area contributed by atoms with E-state index in [0.717, 1.165) is 11.3 Å². The third-order valence-corrected chi connectivity index (χ3v) is 3.57. The number of anilines is 1. The molecule has 0 aliphatic rings. The molecule has 1 N–H and O–H groups in total. The van der Waals surface area contributed by atoms with Crippen molar-refractivity contribution < 1.29 is 9.90 Å². The lowest BCUT2D eigenvalue weighted by Crippen LogP contribution is -2.37. The smallest absolute Gasteiger partial charge is 0.170 e. The lowest BCUT2D eigenvalue weighted by Gasteiger charge is -2.30. The molecular formula is C18H21NO2. The van der Waals surface area contributed by atoms with Gasteiger partial charge in [-0.2, -0.15) is 0 Å². The van der Waals surface area contributed by atoms with Gasteiger partial charge in [0.15, 0.2) is 5.78 Å². The number of aromatic hydroxyl groups is 1. The Morgan fingerprint density at radius 2 is 1.62 bits per heavy atom.